The summed E-state index contributed by atoms with van der Waals surface area (Å²) in [5.41, 5.74) is -1.86. The van der Waals surface area contributed by atoms with Crippen LogP contribution in [0.1, 0.15) is 48.5 Å². The minimum Gasteiger partial charge on any atom is -0.462 e. The van der Waals surface area contributed by atoms with Gasteiger partial charge in [0.15, 0.2) is 12.3 Å². The molecule has 0 spiro atoms. The summed E-state index contributed by atoms with van der Waals surface area (Å²) in [6.45, 7) is 10.0. The maximum absolute atomic E-state index is 15.4. The first-order valence-corrected chi connectivity index (χ1v) is 10.2. The largest absolute Gasteiger partial charge is 0.462 e. The molecule has 0 N–H and O–H groups in total. The van der Waals surface area contributed by atoms with Crippen LogP contribution in [0.5, 0.6) is 0 Å². The molecule has 0 aromatic heterocycles. The molecule has 2 unspecified atom stereocenters. The molecule has 5 atom stereocenters. The second-order valence-corrected chi connectivity index (χ2v) is 9.42. The molecule has 0 aromatic carbocycles. The van der Waals surface area contributed by atoms with Gasteiger partial charge in [-0.25, -0.2) is 4.39 Å². The number of carbonyl (C=O) groups excluding carboxylic acids is 4. The van der Waals surface area contributed by atoms with Crippen molar-refractivity contribution >= 4 is 35.5 Å². The monoisotopic (exact) mass is 468 g/mol. The fraction of sp³-hybridized carbons (Fsp3) is 0.800. The van der Waals surface area contributed by atoms with Crippen molar-refractivity contribution in [1.29, 1.82) is 0 Å². The minimum absolute atomic E-state index is 0.547. The van der Waals surface area contributed by atoms with Gasteiger partial charge in [-0.1, -0.05) is 0 Å². The number of halogens is 2. The van der Waals surface area contributed by atoms with Crippen molar-refractivity contribution in [3.63, 3.8) is 0 Å². The Kier molecular flexibility index (Phi) is 9.25. The van der Waals surface area contributed by atoms with Crippen LogP contribution in [0.3, 0.4) is 0 Å². The number of ether oxygens (including phenoxy) is 5. The van der Waals surface area contributed by atoms with E-state index in [1.807, 2.05) is 0 Å². The molecule has 0 amide bonds. The first-order valence-electron chi connectivity index (χ1n) is 9.68. The summed E-state index contributed by atoms with van der Waals surface area (Å²) in [7, 11) is 0. The van der Waals surface area contributed by atoms with E-state index < -0.39 is 78.0 Å². The first kappa shape index (κ1) is 27.1. The molecule has 1 rings (SSSR count). The van der Waals surface area contributed by atoms with Gasteiger partial charge in [-0.15, -0.1) is 11.6 Å². The van der Waals surface area contributed by atoms with E-state index >= 15 is 4.39 Å². The van der Waals surface area contributed by atoms with E-state index in [2.05, 4.69) is 0 Å². The van der Waals surface area contributed by atoms with Crippen LogP contribution in [-0.4, -0.2) is 67.1 Å². The molecule has 0 bridgehead atoms. The smallest absolute Gasteiger partial charge is 0.321 e. The van der Waals surface area contributed by atoms with Crippen LogP contribution in [0.2, 0.25) is 0 Å². The summed E-state index contributed by atoms with van der Waals surface area (Å²) in [4.78, 5) is 47.8. The second-order valence-electron chi connectivity index (χ2n) is 9.15. The molecule has 0 saturated carbocycles. The van der Waals surface area contributed by atoms with Gasteiger partial charge in [-0.3, -0.25) is 19.2 Å². The maximum atomic E-state index is 15.4. The van der Waals surface area contributed by atoms with E-state index in [9.17, 15) is 19.2 Å². The number of alkyl halides is 2. The lowest BCUT2D eigenvalue weighted by Crippen LogP contribution is -2.61. The lowest BCUT2D eigenvalue weighted by Gasteiger charge is -2.42. The van der Waals surface area contributed by atoms with Gasteiger partial charge in [-0.05, 0) is 41.5 Å². The molecule has 178 valence electrons. The van der Waals surface area contributed by atoms with Crippen LogP contribution >= 0.6 is 11.6 Å². The third kappa shape index (κ3) is 7.92. The Balaban J connectivity index is 3.22. The average Bonchev–Trinajstić information content (AvgIpc) is 2.62. The summed E-state index contributed by atoms with van der Waals surface area (Å²) < 4.78 is 41.3. The van der Waals surface area contributed by atoms with Crippen LogP contribution in [0.25, 0.3) is 0 Å². The van der Waals surface area contributed by atoms with Gasteiger partial charge in [0, 0.05) is 6.92 Å². The highest BCUT2D eigenvalue weighted by Gasteiger charge is 2.53. The SMILES string of the molecule is CC(=O)O[C@@H]1OC(COC(=O)C(C)(C)C)[C@@H](F)[C@H](OC(=O)C(C)(C)C)C1OC(=O)CCl. The molecule has 1 heterocycles. The van der Waals surface area contributed by atoms with Gasteiger partial charge in [-0.2, -0.15) is 0 Å². The summed E-state index contributed by atoms with van der Waals surface area (Å²) in [5, 5.41) is 0. The van der Waals surface area contributed by atoms with Crippen molar-refractivity contribution in [2.24, 2.45) is 10.8 Å². The van der Waals surface area contributed by atoms with Gasteiger partial charge >= 0.3 is 23.9 Å². The minimum atomic E-state index is -2.07. The van der Waals surface area contributed by atoms with Crippen molar-refractivity contribution in [3.8, 4) is 0 Å². The van der Waals surface area contributed by atoms with Crippen molar-refractivity contribution < 1.29 is 47.3 Å². The molecular weight excluding hydrogens is 439 g/mol. The quantitative estimate of drug-likeness (QED) is 0.329. The molecule has 9 nitrogen and oxygen atoms in total. The average molecular weight is 469 g/mol. The lowest BCUT2D eigenvalue weighted by atomic mass is 9.95. The number of carbonyl (C=O) groups is 4. The van der Waals surface area contributed by atoms with Crippen molar-refractivity contribution in [2.75, 3.05) is 12.5 Å². The standard InChI is InChI=1S/C20H30ClFO9/c1-10(23)28-16-15(30-12(24)8-21)14(31-18(26)20(5,6)7)13(22)11(29-16)9-27-17(25)19(2,3)4/h11,13-16H,8-9H2,1-7H3/t11?,13-,14+,15?,16-/m1/s1. The molecule has 1 saturated heterocycles. The third-order valence-electron chi connectivity index (χ3n) is 4.08. The van der Waals surface area contributed by atoms with Gasteiger partial charge in [0.2, 0.25) is 12.4 Å². The molecule has 0 radical (unpaired) electrons. The van der Waals surface area contributed by atoms with Crippen LogP contribution < -0.4 is 0 Å². The predicted octanol–water partition coefficient (Wildman–Crippen LogP) is 2.31. The van der Waals surface area contributed by atoms with Gasteiger partial charge in [0.05, 0.1) is 10.8 Å². The highest BCUT2D eigenvalue weighted by Crippen LogP contribution is 2.32. The van der Waals surface area contributed by atoms with Gasteiger partial charge in [0.1, 0.15) is 18.6 Å². The molecule has 1 fully saturated rings. The molecule has 1 aliphatic heterocycles. The molecular formula is C20H30ClFO9. The zero-order valence-electron chi connectivity index (χ0n) is 18.7. The van der Waals surface area contributed by atoms with Crippen LogP contribution in [0.15, 0.2) is 0 Å². The summed E-state index contributed by atoms with van der Waals surface area (Å²) >= 11 is 5.46. The van der Waals surface area contributed by atoms with E-state index in [-0.39, 0.29) is 0 Å². The Morgan fingerprint density at radius 3 is 1.90 bits per heavy atom. The second kappa shape index (κ2) is 10.6. The maximum Gasteiger partial charge on any atom is 0.321 e. The number of hydrogen-bond acceptors (Lipinski definition) is 9. The van der Waals surface area contributed by atoms with Crippen molar-refractivity contribution in [2.45, 2.75) is 79.2 Å². The zero-order chi connectivity index (χ0) is 24.1. The molecule has 31 heavy (non-hydrogen) atoms. The van der Waals surface area contributed by atoms with Crippen molar-refractivity contribution in [1.82, 2.24) is 0 Å². The Morgan fingerprint density at radius 2 is 1.45 bits per heavy atom. The Hall–Kier alpha value is -1.94. The van der Waals surface area contributed by atoms with E-state index in [0.717, 1.165) is 6.92 Å². The fourth-order valence-electron chi connectivity index (χ4n) is 2.37. The number of hydrogen-bond donors (Lipinski definition) is 0. The van der Waals surface area contributed by atoms with Crippen LogP contribution in [0.4, 0.5) is 4.39 Å². The molecule has 0 aliphatic carbocycles. The van der Waals surface area contributed by atoms with Gasteiger partial charge < -0.3 is 23.7 Å². The highest BCUT2D eigenvalue weighted by molar-refractivity contribution is 6.26. The lowest BCUT2D eigenvalue weighted by molar-refractivity contribution is -0.290. The van der Waals surface area contributed by atoms with E-state index in [0.29, 0.717) is 0 Å². The van der Waals surface area contributed by atoms with E-state index in [1.54, 1.807) is 41.5 Å². The Bertz CT molecular complexity index is 683. The zero-order valence-corrected chi connectivity index (χ0v) is 19.5. The van der Waals surface area contributed by atoms with E-state index in [1.165, 1.54) is 0 Å². The Morgan fingerprint density at radius 1 is 0.903 bits per heavy atom. The molecule has 1 aliphatic rings. The molecule has 11 heteroatoms. The van der Waals surface area contributed by atoms with Crippen LogP contribution in [-0.2, 0) is 42.9 Å². The summed E-state index contributed by atoms with van der Waals surface area (Å²) in [5.74, 6) is -3.77. The normalized spacial score (nSPS) is 26.5. The first-order chi connectivity index (χ1) is 14.1. The van der Waals surface area contributed by atoms with Gasteiger partial charge in [0.25, 0.3) is 0 Å². The summed E-state index contributed by atoms with van der Waals surface area (Å²) in [6.07, 6.45) is -8.47. The number of rotatable bonds is 6. The van der Waals surface area contributed by atoms with E-state index in [4.69, 9.17) is 35.3 Å². The van der Waals surface area contributed by atoms with Crippen molar-refractivity contribution in [3.05, 3.63) is 0 Å². The summed E-state index contributed by atoms with van der Waals surface area (Å²) in [6, 6.07) is 0. The predicted molar refractivity (Wildman–Crippen MR) is 106 cm³/mol. The molecule has 0 aromatic rings. The highest BCUT2D eigenvalue weighted by atomic mass is 35.5. The third-order valence-corrected chi connectivity index (χ3v) is 4.29. The number of esters is 4. The fourth-order valence-corrected chi connectivity index (χ4v) is 2.44. The topological polar surface area (TPSA) is 114 Å². The Labute approximate surface area is 185 Å². The van der Waals surface area contributed by atoms with Crippen LogP contribution in [0, 0.1) is 10.8 Å².